The minimum Gasteiger partial charge on any atom is -0.387 e. The summed E-state index contributed by atoms with van der Waals surface area (Å²) in [5, 5.41) is 9.54. The fourth-order valence-electron chi connectivity index (χ4n) is 1.49. The number of hydrogen-bond donors (Lipinski definition) is 1. The molecule has 0 unspecified atom stereocenters. The summed E-state index contributed by atoms with van der Waals surface area (Å²) in [6, 6.07) is 0.374. The van der Waals surface area contributed by atoms with Gasteiger partial charge >= 0.3 is 0 Å². The molecule has 0 spiro atoms. The second kappa shape index (κ2) is 3.30. The van der Waals surface area contributed by atoms with E-state index in [0.29, 0.717) is 19.0 Å². The van der Waals surface area contributed by atoms with Crippen molar-refractivity contribution in [2.45, 2.75) is 45.0 Å². The van der Waals surface area contributed by atoms with Crippen molar-refractivity contribution in [3.05, 3.63) is 0 Å². The van der Waals surface area contributed by atoms with Gasteiger partial charge in [-0.1, -0.05) is 0 Å². The lowest BCUT2D eigenvalue weighted by Gasteiger charge is -2.40. The van der Waals surface area contributed by atoms with Crippen LogP contribution in [0.3, 0.4) is 0 Å². The maximum atomic E-state index is 13.3. The van der Waals surface area contributed by atoms with Crippen LogP contribution >= 0.6 is 0 Å². The third-order valence-corrected chi connectivity index (χ3v) is 2.71. The molecule has 2 atom stereocenters. The third-order valence-electron chi connectivity index (χ3n) is 2.71. The number of nitrogens with zero attached hydrogens (tertiary/aromatic N) is 1. The molecule has 0 saturated carbocycles. The Morgan fingerprint density at radius 1 is 1.58 bits per heavy atom. The highest BCUT2D eigenvalue weighted by Crippen LogP contribution is 2.25. The maximum Gasteiger partial charge on any atom is 0.141 e. The number of alkyl halides is 1. The van der Waals surface area contributed by atoms with Gasteiger partial charge in [-0.25, -0.2) is 4.39 Å². The molecule has 0 aromatic heterocycles. The number of likely N-dealkylation sites (tertiary alicyclic amines) is 1. The number of piperidine rings is 1. The van der Waals surface area contributed by atoms with Gasteiger partial charge in [0.1, 0.15) is 6.17 Å². The molecule has 1 fully saturated rings. The molecular weight excluding hydrogens is 157 g/mol. The summed E-state index contributed by atoms with van der Waals surface area (Å²) in [7, 11) is 0. The Morgan fingerprint density at radius 3 is 2.58 bits per heavy atom. The molecule has 1 heterocycles. The Morgan fingerprint density at radius 2 is 2.17 bits per heavy atom. The highest BCUT2D eigenvalue weighted by molar-refractivity contribution is 4.90. The van der Waals surface area contributed by atoms with Gasteiger partial charge in [0.2, 0.25) is 0 Å². The van der Waals surface area contributed by atoms with Crippen LogP contribution in [0, 0.1) is 0 Å². The topological polar surface area (TPSA) is 23.5 Å². The lowest BCUT2D eigenvalue weighted by molar-refractivity contribution is -0.0768. The van der Waals surface area contributed by atoms with Gasteiger partial charge in [0.15, 0.2) is 0 Å². The molecule has 0 radical (unpaired) electrons. The molecule has 2 nitrogen and oxygen atoms in total. The van der Waals surface area contributed by atoms with E-state index in [9.17, 15) is 9.50 Å². The summed E-state index contributed by atoms with van der Waals surface area (Å²) < 4.78 is 13.3. The van der Waals surface area contributed by atoms with Crippen LogP contribution in [0.2, 0.25) is 0 Å². The molecule has 0 aliphatic carbocycles. The van der Waals surface area contributed by atoms with Gasteiger partial charge in [-0.05, 0) is 27.2 Å². The van der Waals surface area contributed by atoms with Crippen LogP contribution in [0.1, 0.15) is 27.2 Å². The Balaban J connectivity index is 2.52. The van der Waals surface area contributed by atoms with Crippen LogP contribution in [0.4, 0.5) is 4.39 Å². The van der Waals surface area contributed by atoms with Crippen molar-refractivity contribution >= 4 is 0 Å². The SMILES string of the molecule is CC(C)N1CC[C@@](C)(O)[C@@H](F)C1. The monoisotopic (exact) mass is 175 g/mol. The number of aliphatic hydroxyl groups is 1. The fraction of sp³-hybridized carbons (Fsp3) is 1.00. The molecule has 0 aromatic carbocycles. The zero-order valence-electron chi connectivity index (χ0n) is 8.05. The van der Waals surface area contributed by atoms with E-state index < -0.39 is 11.8 Å². The quantitative estimate of drug-likeness (QED) is 0.647. The third kappa shape index (κ3) is 1.96. The predicted molar refractivity (Wildman–Crippen MR) is 46.8 cm³/mol. The van der Waals surface area contributed by atoms with Crippen molar-refractivity contribution in [1.29, 1.82) is 0 Å². The summed E-state index contributed by atoms with van der Waals surface area (Å²) in [6.45, 7) is 6.84. The molecule has 1 aliphatic rings. The number of hydrogen-bond acceptors (Lipinski definition) is 2. The second-order valence-corrected chi connectivity index (χ2v) is 4.16. The van der Waals surface area contributed by atoms with Gasteiger partial charge in [-0.15, -0.1) is 0 Å². The van der Waals surface area contributed by atoms with Crippen molar-refractivity contribution in [2.75, 3.05) is 13.1 Å². The van der Waals surface area contributed by atoms with E-state index in [-0.39, 0.29) is 0 Å². The van der Waals surface area contributed by atoms with Gasteiger partial charge in [0.25, 0.3) is 0 Å². The molecule has 0 aromatic rings. The molecule has 1 saturated heterocycles. The van der Waals surface area contributed by atoms with Gasteiger partial charge in [0.05, 0.1) is 5.60 Å². The van der Waals surface area contributed by atoms with Crippen LogP contribution < -0.4 is 0 Å². The highest BCUT2D eigenvalue weighted by Gasteiger charge is 2.38. The van der Waals surface area contributed by atoms with E-state index in [1.165, 1.54) is 0 Å². The standard InChI is InChI=1S/C9H18FNO/c1-7(2)11-5-4-9(3,12)8(10)6-11/h7-8,12H,4-6H2,1-3H3/t8-,9+/m0/s1. The molecule has 72 valence electrons. The predicted octanol–water partition coefficient (Wildman–Crippen LogP) is 1.19. The van der Waals surface area contributed by atoms with Crippen LogP contribution in [-0.2, 0) is 0 Å². The summed E-state index contributed by atoms with van der Waals surface area (Å²) >= 11 is 0. The van der Waals surface area contributed by atoms with Crippen molar-refractivity contribution in [2.24, 2.45) is 0 Å². The first-order chi connectivity index (χ1) is 5.43. The molecule has 1 rings (SSSR count). The van der Waals surface area contributed by atoms with Crippen LogP contribution in [0.15, 0.2) is 0 Å². The van der Waals surface area contributed by atoms with E-state index in [1.54, 1.807) is 6.92 Å². The highest BCUT2D eigenvalue weighted by atomic mass is 19.1. The molecular formula is C9H18FNO. The Kier molecular flexibility index (Phi) is 2.74. The summed E-state index contributed by atoms with van der Waals surface area (Å²) in [4.78, 5) is 2.06. The largest absolute Gasteiger partial charge is 0.387 e. The minimum absolute atomic E-state index is 0.366. The zero-order valence-corrected chi connectivity index (χ0v) is 8.05. The first-order valence-electron chi connectivity index (χ1n) is 4.54. The Labute approximate surface area is 73.4 Å². The van der Waals surface area contributed by atoms with Gasteiger partial charge in [-0.3, -0.25) is 4.90 Å². The van der Waals surface area contributed by atoms with Gasteiger partial charge in [0, 0.05) is 19.1 Å². The smallest absolute Gasteiger partial charge is 0.141 e. The van der Waals surface area contributed by atoms with Crippen LogP contribution in [-0.4, -0.2) is 40.9 Å². The molecule has 3 heteroatoms. The van der Waals surface area contributed by atoms with Crippen molar-refractivity contribution < 1.29 is 9.50 Å². The number of rotatable bonds is 1. The average Bonchev–Trinajstić information content (AvgIpc) is 1.94. The van der Waals surface area contributed by atoms with Gasteiger partial charge < -0.3 is 5.11 Å². The van der Waals surface area contributed by atoms with Crippen molar-refractivity contribution in [3.8, 4) is 0 Å². The molecule has 0 amide bonds. The van der Waals surface area contributed by atoms with Gasteiger partial charge in [-0.2, -0.15) is 0 Å². The van der Waals surface area contributed by atoms with E-state index in [1.807, 2.05) is 13.8 Å². The van der Waals surface area contributed by atoms with Crippen LogP contribution in [0.25, 0.3) is 0 Å². The normalized spacial score (nSPS) is 39.0. The molecule has 1 aliphatic heterocycles. The second-order valence-electron chi connectivity index (χ2n) is 4.16. The summed E-state index contributed by atoms with van der Waals surface area (Å²) in [5.41, 5.74) is -1.11. The first-order valence-corrected chi connectivity index (χ1v) is 4.54. The first kappa shape index (κ1) is 9.93. The average molecular weight is 175 g/mol. The van der Waals surface area contributed by atoms with E-state index >= 15 is 0 Å². The minimum atomic E-state index is -1.11. The maximum absolute atomic E-state index is 13.3. The number of halogens is 1. The van der Waals surface area contributed by atoms with E-state index in [4.69, 9.17) is 0 Å². The fourth-order valence-corrected chi connectivity index (χ4v) is 1.49. The summed E-state index contributed by atoms with van der Waals surface area (Å²) in [5.74, 6) is 0. The molecule has 0 bridgehead atoms. The van der Waals surface area contributed by atoms with E-state index in [0.717, 1.165) is 6.54 Å². The molecule has 1 N–H and O–H groups in total. The van der Waals surface area contributed by atoms with Crippen molar-refractivity contribution in [3.63, 3.8) is 0 Å². The van der Waals surface area contributed by atoms with E-state index in [2.05, 4.69) is 4.90 Å². The Bertz CT molecular complexity index is 159. The lowest BCUT2D eigenvalue weighted by atomic mass is 9.91. The molecule has 12 heavy (non-hydrogen) atoms. The zero-order chi connectivity index (χ0) is 9.35. The Hall–Kier alpha value is -0.150. The lowest BCUT2D eigenvalue weighted by Crippen LogP contribution is -2.53. The summed E-state index contributed by atoms with van der Waals surface area (Å²) in [6.07, 6.45) is -0.569. The van der Waals surface area contributed by atoms with Crippen molar-refractivity contribution in [1.82, 2.24) is 4.90 Å². The van der Waals surface area contributed by atoms with Crippen LogP contribution in [0.5, 0.6) is 0 Å².